The molecule has 6 nitrogen and oxygen atoms in total. The Morgan fingerprint density at radius 3 is 2.59 bits per heavy atom. The van der Waals surface area contributed by atoms with Gasteiger partial charge in [-0.15, -0.1) is 0 Å². The summed E-state index contributed by atoms with van der Waals surface area (Å²) in [5.41, 5.74) is 1.15. The molecule has 3 rings (SSSR count). The second kappa shape index (κ2) is 8.37. The molecule has 0 amide bonds. The third-order valence-corrected chi connectivity index (χ3v) is 5.55. The molecule has 1 aliphatic carbocycles. The fraction of sp³-hybridized carbons (Fsp3) is 0.250. The van der Waals surface area contributed by atoms with E-state index >= 15 is 0 Å². The third kappa shape index (κ3) is 5.18. The third-order valence-electron chi connectivity index (χ3n) is 4.01. The van der Waals surface area contributed by atoms with E-state index in [0.29, 0.717) is 0 Å². The number of hydrogen-bond donors (Lipinski definition) is 1. The van der Waals surface area contributed by atoms with Crippen molar-refractivity contribution in [1.82, 2.24) is 4.72 Å². The van der Waals surface area contributed by atoms with E-state index in [1.807, 2.05) is 36.4 Å². The molecular formula is C20H21NO5S. The Bertz CT molecular complexity index is 934. The van der Waals surface area contributed by atoms with Gasteiger partial charge < -0.3 is 9.47 Å². The van der Waals surface area contributed by atoms with Crippen molar-refractivity contribution < 1.29 is 22.7 Å². The first kappa shape index (κ1) is 19.1. The van der Waals surface area contributed by atoms with Crippen LogP contribution in [0.15, 0.2) is 59.5 Å². The first-order valence-corrected chi connectivity index (χ1v) is 10.1. The van der Waals surface area contributed by atoms with Crippen LogP contribution in [0.5, 0.6) is 5.75 Å². The zero-order chi connectivity index (χ0) is 19.3. The molecule has 2 aromatic rings. The molecule has 2 aromatic carbocycles. The fourth-order valence-corrected chi connectivity index (χ4v) is 3.95. The lowest BCUT2D eigenvalue weighted by Crippen LogP contribution is -2.26. The van der Waals surface area contributed by atoms with Gasteiger partial charge in [-0.1, -0.05) is 36.4 Å². The highest BCUT2D eigenvalue weighted by molar-refractivity contribution is 7.89. The van der Waals surface area contributed by atoms with Crippen LogP contribution < -0.4 is 9.46 Å². The molecule has 0 radical (unpaired) electrons. The quantitative estimate of drug-likeness (QED) is 0.704. The van der Waals surface area contributed by atoms with E-state index in [1.54, 1.807) is 6.08 Å². The van der Waals surface area contributed by atoms with Crippen molar-refractivity contribution in [3.05, 3.63) is 65.7 Å². The van der Waals surface area contributed by atoms with Crippen molar-refractivity contribution in [2.24, 2.45) is 0 Å². The maximum absolute atomic E-state index is 12.5. The molecule has 0 bridgehead atoms. The summed E-state index contributed by atoms with van der Waals surface area (Å²) in [5, 5.41) is 0. The van der Waals surface area contributed by atoms with Crippen molar-refractivity contribution in [1.29, 1.82) is 0 Å². The smallest absolute Gasteiger partial charge is 0.338 e. The lowest BCUT2D eigenvalue weighted by molar-refractivity contribution is 0.0549. The second-order valence-corrected chi connectivity index (χ2v) is 7.86. The first-order valence-electron chi connectivity index (χ1n) is 8.59. The van der Waals surface area contributed by atoms with E-state index < -0.39 is 16.0 Å². The number of esters is 1. The molecule has 0 heterocycles. The number of carbonyl (C=O) groups is 1. The molecule has 1 N–H and O–H groups in total. The highest BCUT2D eigenvalue weighted by Crippen LogP contribution is 2.28. The molecule has 7 heteroatoms. The molecule has 0 atom stereocenters. The summed E-state index contributed by atoms with van der Waals surface area (Å²) >= 11 is 0. The van der Waals surface area contributed by atoms with Crippen LogP contribution in [0, 0.1) is 0 Å². The summed E-state index contributed by atoms with van der Waals surface area (Å²) in [6.07, 6.45) is 5.20. The molecule has 0 spiro atoms. The van der Waals surface area contributed by atoms with Gasteiger partial charge in [-0.05, 0) is 42.7 Å². The predicted molar refractivity (Wildman–Crippen MR) is 102 cm³/mol. The van der Waals surface area contributed by atoms with Crippen LogP contribution in [-0.2, 0) is 14.8 Å². The standard InChI is InChI=1S/C20H21NO5S/c1-25-18-12-9-16(14-19(18)27(23,24)21-17-10-11-17)20(22)26-13-5-8-15-6-3-2-4-7-15/h2-9,12,14,17,21H,10-11,13H2,1H3/b8-5+. The van der Waals surface area contributed by atoms with Gasteiger partial charge in [0.05, 0.1) is 12.7 Å². The Labute approximate surface area is 158 Å². The highest BCUT2D eigenvalue weighted by atomic mass is 32.2. The Balaban J connectivity index is 1.69. The van der Waals surface area contributed by atoms with Crippen LogP contribution in [0.25, 0.3) is 6.08 Å². The van der Waals surface area contributed by atoms with E-state index in [1.165, 1.54) is 25.3 Å². The fourth-order valence-electron chi connectivity index (χ4n) is 2.45. The Morgan fingerprint density at radius 2 is 1.93 bits per heavy atom. The Morgan fingerprint density at radius 1 is 1.19 bits per heavy atom. The maximum Gasteiger partial charge on any atom is 0.338 e. The van der Waals surface area contributed by atoms with Crippen LogP contribution in [0.1, 0.15) is 28.8 Å². The molecule has 1 fully saturated rings. The second-order valence-electron chi connectivity index (χ2n) is 6.17. The normalized spacial score (nSPS) is 14.3. The van der Waals surface area contributed by atoms with Crippen molar-refractivity contribution in [3.8, 4) is 5.75 Å². The summed E-state index contributed by atoms with van der Waals surface area (Å²) in [7, 11) is -2.37. The number of ether oxygens (including phenoxy) is 2. The summed E-state index contributed by atoms with van der Waals surface area (Å²) < 4.78 is 37.9. The lowest BCUT2D eigenvalue weighted by Gasteiger charge is -2.11. The van der Waals surface area contributed by atoms with Gasteiger partial charge in [0.1, 0.15) is 17.3 Å². The number of rotatable bonds is 8. The monoisotopic (exact) mass is 387 g/mol. The van der Waals surface area contributed by atoms with Crippen molar-refractivity contribution >= 4 is 22.1 Å². The molecule has 0 aromatic heterocycles. The molecule has 27 heavy (non-hydrogen) atoms. The molecule has 0 unspecified atom stereocenters. The first-order chi connectivity index (χ1) is 13.0. The summed E-state index contributed by atoms with van der Waals surface area (Å²) in [6.45, 7) is 0.0855. The minimum atomic E-state index is -3.75. The Hall–Kier alpha value is -2.64. The van der Waals surface area contributed by atoms with Crippen LogP contribution >= 0.6 is 0 Å². The summed E-state index contributed by atoms with van der Waals surface area (Å²) in [4.78, 5) is 12.2. The van der Waals surface area contributed by atoms with Crippen LogP contribution in [0.2, 0.25) is 0 Å². The number of hydrogen-bond acceptors (Lipinski definition) is 5. The number of sulfonamides is 1. The van der Waals surface area contributed by atoms with Crippen LogP contribution in [0.4, 0.5) is 0 Å². The molecule has 142 valence electrons. The Kier molecular flexibility index (Phi) is 5.93. The molecule has 0 saturated heterocycles. The molecular weight excluding hydrogens is 366 g/mol. The SMILES string of the molecule is COc1ccc(C(=O)OC/C=C/c2ccccc2)cc1S(=O)(=O)NC1CC1. The zero-order valence-electron chi connectivity index (χ0n) is 14.9. The number of nitrogens with one attached hydrogen (secondary N) is 1. The summed E-state index contributed by atoms with van der Waals surface area (Å²) in [6, 6.07) is 13.8. The average molecular weight is 387 g/mol. The van der Waals surface area contributed by atoms with Gasteiger partial charge in [0.2, 0.25) is 10.0 Å². The maximum atomic E-state index is 12.5. The van der Waals surface area contributed by atoms with E-state index in [-0.39, 0.29) is 28.9 Å². The van der Waals surface area contributed by atoms with E-state index in [9.17, 15) is 13.2 Å². The van der Waals surface area contributed by atoms with Crippen molar-refractivity contribution in [3.63, 3.8) is 0 Å². The van der Waals surface area contributed by atoms with Gasteiger partial charge in [-0.2, -0.15) is 0 Å². The molecule has 1 aliphatic rings. The van der Waals surface area contributed by atoms with Gasteiger partial charge in [-0.3, -0.25) is 0 Å². The minimum Gasteiger partial charge on any atom is -0.495 e. The number of methoxy groups -OCH3 is 1. The van der Waals surface area contributed by atoms with Gasteiger partial charge in [-0.25, -0.2) is 17.9 Å². The van der Waals surface area contributed by atoms with E-state index in [2.05, 4.69) is 4.72 Å². The van der Waals surface area contributed by atoms with E-state index in [4.69, 9.17) is 9.47 Å². The zero-order valence-corrected chi connectivity index (χ0v) is 15.7. The summed E-state index contributed by atoms with van der Waals surface area (Å²) in [5.74, 6) is -0.415. The van der Waals surface area contributed by atoms with Gasteiger partial charge in [0, 0.05) is 6.04 Å². The topological polar surface area (TPSA) is 81.7 Å². The minimum absolute atomic E-state index is 0.0431. The van der Waals surface area contributed by atoms with Crippen molar-refractivity contribution in [2.45, 2.75) is 23.8 Å². The van der Waals surface area contributed by atoms with E-state index in [0.717, 1.165) is 18.4 Å². The van der Waals surface area contributed by atoms with Gasteiger partial charge in [0.25, 0.3) is 0 Å². The van der Waals surface area contributed by atoms with Crippen LogP contribution in [0.3, 0.4) is 0 Å². The number of benzene rings is 2. The molecule has 0 aliphatic heterocycles. The van der Waals surface area contributed by atoms with Crippen molar-refractivity contribution in [2.75, 3.05) is 13.7 Å². The average Bonchev–Trinajstić information content (AvgIpc) is 3.48. The predicted octanol–water partition coefficient (Wildman–Crippen LogP) is 3.01. The lowest BCUT2D eigenvalue weighted by atomic mass is 10.2. The largest absolute Gasteiger partial charge is 0.495 e. The molecule has 1 saturated carbocycles. The highest BCUT2D eigenvalue weighted by Gasteiger charge is 2.30. The van der Waals surface area contributed by atoms with Crippen LogP contribution in [-0.4, -0.2) is 34.1 Å². The van der Waals surface area contributed by atoms with Gasteiger partial charge >= 0.3 is 5.97 Å². The number of carbonyl (C=O) groups excluding carboxylic acids is 1. The van der Waals surface area contributed by atoms with Gasteiger partial charge in [0.15, 0.2) is 0 Å².